The van der Waals surface area contributed by atoms with Crippen molar-refractivity contribution in [1.82, 2.24) is 4.98 Å². The Morgan fingerprint density at radius 3 is 2.40 bits per heavy atom. The molecular weight excluding hydrogens is 346 g/mol. The van der Waals surface area contributed by atoms with Gasteiger partial charge < -0.3 is 0 Å². The minimum absolute atomic E-state index is 0.0209. The molecule has 130 valence electrons. The quantitative estimate of drug-likeness (QED) is 0.458. The van der Waals surface area contributed by atoms with Gasteiger partial charge in [0.25, 0.3) is 0 Å². The Balaban J connectivity index is 2.32. The lowest BCUT2D eigenvalue weighted by Crippen LogP contribution is -2.14. The number of hydrogen-bond acceptors (Lipinski definition) is 1. The third kappa shape index (κ3) is 2.73. The summed E-state index contributed by atoms with van der Waals surface area (Å²) in [6, 6.07) is 3.08. The summed E-state index contributed by atoms with van der Waals surface area (Å²) in [7, 11) is 0. The third-order valence-corrected chi connectivity index (χ3v) is 4.24. The number of alkyl halides is 5. The Labute approximate surface area is 138 Å². The average molecular weight is 356 g/mol. The molecule has 0 amide bonds. The van der Waals surface area contributed by atoms with Crippen LogP contribution in [-0.4, -0.2) is 11.2 Å². The summed E-state index contributed by atoms with van der Waals surface area (Å²) in [4.78, 5) is 6.40. The van der Waals surface area contributed by atoms with Gasteiger partial charge in [0.2, 0.25) is 0 Å². The number of nitrogens with zero attached hydrogens (tertiary/aromatic N) is 2. The molecule has 3 atom stereocenters. The van der Waals surface area contributed by atoms with E-state index in [0.717, 1.165) is 25.3 Å². The molecular formula is C17H10F6N2. The topological polar surface area (TPSA) is 17.2 Å². The molecule has 1 aliphatic rings. The molecule has 1 heterocycles. The van der Waals surface area contributed by atoms with Gasteiger partial charge in [-0.25, -0.2) is 18.0 Å². The van der Waals surface area contributed by atoms with E-state index < -0.39 is 47.1 Å². The Morgan fingerprint density at radius 2 is 1.80 bits per heavy atom. The molecule has 1 aromatic carbocycles. The molecule has 3 rings (SSSR count). The zero-order valence-corrected chi connectivity index (χ0v) is 12.7. The Kier molecular flexibility index (Phi) is 3.98. The minimum Gasteiger partial charge on any atom is -0.251 e. The fourth-order valence-corrected chi connectivity index (χ4v) is 3.12. The maximum atomic E-state index is 14.4. The molecule has 0 N–H and O–H groups in total. The molecule has 0 fully saturated rings. The molecule has 8 heteroatoms. The zero-order chi connectivity index (χ0) is 18.5. The number of fused-ring (bicyclic) bond motifs is 1. The number of benzene rings is 1. The van der Waals surface area contributed by atoms with Crippen molar-refractivity contribution in [3.63, 3.8) is 0 Å². The van der Waals surface area contributed by atoms with E-state index in [4.69, 9.17) is 6.57 Å². The first-order chi connectivity index (χ1) is 11.6. The van der Waals surface area contributed by atoms with Crippen LogP contribution in [0.25, 0.3) is 16.0 Å². The summed E-state index contributed by atoms with van der Waals surface area (Å²) in [6.45, 7) is 8.08. The molecule has 0 radical (unpaired) electrons. The van der Waals surface area contributed by atoms with Crippen LogP contribution in [0, 0.1) is 12.4 Å². The van der Waals surface area contributed by atoms with Crippen LogP contribution in [0.3, 0.4) is 0 Å². The molecule has 0 bridgehead atoms. The lowest BCUT2D eigenvalue weighted by atomic mass is 9.94. The third-order valence-electron chi connectivity index (χ3n) is 4.24. The van der Waals surface area contributed by atoms with E-state index in [1.165, 1.54) is 6.07 Å². The van der Waals surface area contributed by atoms with Gasteiger partial charge in [-0.2, -0.15) is 13.2 Å². The second-order valence-corrected chi connectivity index (χ2v) is 5.79. The SMILES string of the molecule is [C-]#[N+]c1cc(F)cc(-c2cnc(C(F)(F)F)c3c2[C@@H](F)[C@@H](F)[C@H]3C)c1. The normalized spacial score (nSPS) is 22.6. The Hall–Kier alpha value is -2.56. The zero-order valence-electron chi connectivity index (χ0n) is 12.7. The van der Waals surface area contributed by atoms with Gasteiger partial charge in [0.1, 0.15) is 17.7 Å². The molecule has 0 aliphatic heterocycles. The summed E-state index contributed by atoms with van der Waals surface area (Å²) >= 11 is 0. The van der Waals surface area contributed by atoms with Crippen LogP contribution in [-0.2, 0) is 6.18 Å². The van der Waals surface area contributed by atoms with Crippen molar-refractivity contribution in [2.45, 2.75) is 31.4 Å². The van der Waals surface area contributed by atoms with Crippen LogP contribution in [0.4, 0.5) is 32.0 Å². The largest absolute Gasteiger partial charge is 0.433 e. The van der Waals surface area contributed by atoms with Crippen LogP contribution < -0.4 is 0 Å². The smallest absolute Gasteiger partial charge is 0.251 e. The van der Waals surface area contributed by atoms with Crippen LogP contribution >= 0.6 is 0 Å². The van der Waals surface area contributed by atoms with Crippen molar-refractivity contribution < 1.29 is 26.3 Å². The van der Waals surface area contributed by atoms with Gasteiger partial charge in [0.05, 0.1) is 6.57 Å². The second kappa shape index (κ2) is 5.76. The van der Waals surface area contributed by atoms with Crippen molar-refractivity contribution in [2.24, 2.45) is 0 Å². The number of aromatic nitrogens is 1. The van der Waals surface area contributed by atoms with Gasteiger partial charge in [-0.1, -0.05) is 6.92 Å². The van der Waals surface area contributed by atoms with E-state index in [9.17, 15) is 26.3 Å². The maximum absolute atomic E-state index is 14.4. The molecule has 2 nitrogen and oxygen atoms in total. The lowest BCUT2D eigenvalue weighted by molar-refractivity contribution is -0.142. The lowest BCUT2D eigenvalue weighted by Gasteiger charge is -2.16. The molecule has 0 saturated heterocycles. The molecule has 1 aliphatic carbocycles. The number of rotatable bonds is 1. The molecule has 25 heavy (non-hydrogen) atoms. The van der Waals surface area contributed by atoms with Gasteiger partial charge in [-0.15, -0.1) is 0 Å². The van der Waals surface area contributed by atoms with E-state index in [-0.39, 0.29) is 16.8 Å². The predicted molar refractivity (Wildman–Crippen MR) is 78.1 cm³/mol. The Bertz CT molecular complexity index is 884. The molecule has 1 aromatic heterocycles. The second-order valence-electron chi connectivity index (χ2n) is 5.79. The number of pyridine rings is 1. The molecule has 0 saturated carbocycles. The first-order valence-corrected chi connectivity index (χ1v) is 7.21. The average Bonchev–Trinajstić information content (AvgIpc) is 2.77. The monoisotopic (exact) mass is 356 g/mol. The predicted octanol–water partition coefficient (Wildman–Crippen LogP) is 5.92. The van der Waals surface area contributed by atoms with E-state index in [0.29, 0.717) is 0 Å². The highest BCUT2D eigenvalue weighted by Crippen LogP contribution is 2.52. The van der Waals surface area contributed by atoms with Crippen molar-refractivity contribution in [3.8, 4) is 11.1 Å². The van der Waals surface area contributed by atoms with Crippen LogP contribution in [0.1, 0.15) is 35.8 Å². The van der Waals surface area contributed by atoms with E-state index in [1.807, 2.05) is 0 Å². The van der Waals surface area contributed by atoms with Crippen LogP contribution in [0.15, 0.2) is 24.4 Å². The van der Waals surface area contributed by atoms with Gasteiger partial charge in [0, 0.05) is 23.2 Å². The summed E-state index contributed by atoms with van der Waals surface area (Å²) in [6.07, 6.45) is -8.57. The first kappa shape index (κ1) is 17.3. The van der Waals surface area contributed by atoms with E-state index in [1.54, 1.807) is 0 Å². The highest BCUT2D eigenvalue weighted by atomic mass is 19.4. The maximum Gasteiger partial charge on any atom is 0.433 e. The van der Waals surface area contributed by atoms with E-state index in [2.05, 4.69) is 9.83 Å². The molecule has 2 aromatic rings. The molecule has 0 spiro atoms. The van der Waals surface area contributed by atoms with Gasteiger partial charge in [-0.05, 0) is 29.3 Å². The first-order valence-electron chi connectivity index (χ1n) is 7.21. The fourth-order valence-electron chi connectivity index (χ4n) is 3.12. The van der Waals surface area contributed by atoms with Gasteiger partial charge in [0.15, 0.2) is 11.9 Å². The summed E-state index contributed by atoms with van der Waals surface area (Å²) in [5, 5.41) is 0. The van der Waals surface area contributed by atoms with Crippen LogP contribution in [0.5, 0.6) is 0 Å². The standard InChI is InChI=1S/C17H10F6N2/c1-7-12-13(15(20)14(7)19)11(6-25-16(12)17(21,22)23)8-3-9(18)5-10(4-8)24-2/h3-7,14-15H,1H3/t7-,14-,15+/m0/s1. The number of halogens is 6. The van der Waals surface area contributed by atoms with Gasteiger partial charge >= 0.3 is 6.18 Å². The summed E-state index contributed by atoms with van der Waals surface area (Å²) in [5.41, 5.74) is -2.66. The van der Waals surface area contributed by atoms with Crippen molar-refractivity contribution in [1.29, 1.82) is 0 Å². The van der Waals surface area contributed by atoms with Crippen molar-refractivity contribution in [3.05, 3.63) is 58.5 Å². The van der Waals surface area contributed by atoms with E-state index >= 15 is 0 Å². The molecule has 0 unspecified atom stereocenters. The fraction of sp³-hybridized carbons (Fsp3) is 0.294. The minimum atomic E-state index is -4.87. The summed E-state index contributed by atoms with van der Waals surface area (Å²) in [5.74, 6) is -2.15. The highest BCUT2D eigenvalue weighted by molar-refractivity contribution is 5.74. The highest BCUT2D eigenvalue weighted by Gasteiger charge is 2.48. The van der Waals surface area contributed by atoms with Gasteiger partial charge in [-0.3, -0.25) is 4.98 Å². The Morgan fingerprint density at radius 1 is 1.12 bits per heavy atom. The van der Waals surface area contributed by atoms with Crippen molar-refractivity contribution >= 4 is 5.69 Å². The van der Waals surface area contributed by atoms with Crippen LogP contribution in [0.2, 0.25) is 0 Å². The number of hydrogen-bond donors (Lipinski definition) is 0. The summed E-state index contributed by atoms with van der Waals surface area (Å²) < 4.78 is 81.7. The van der Waals surface area contributed by atoms with Crippen molar-refractivity contribution in [2.75, 3.05) is 0 Å².